The molecule has 0 amide bonds. The average molecular weight is 362 g/mol. The molecule has 0 saturated heterocycles. The highest BCUT2D eigenvalue weighted by Gasteiger charge is 2.39. The summed E-state index contributed by atoms with van der Waals surface area (Å²) in [6, 6.07) is 3.14. The fraction of sp³-hybridized carbons (Fsp3) is 0.286. The number of alkyl halides is 3. The van der Waals surface area contributed by atoms with E-state index in [1.54, 1.807) is 19.9 Å². The number of aromatic nitrogens is 3. The van der Waals surface area contributed by atoms with Crippen LogP contribution >= 0.6 is 23.8 Å². The molecule has 0 saturated carbocycles. The van der Waals surface area contributed by atoms with E-state index in [4.69, 9.17) is 28.2 Å². The fourth-order valence-corrected chi connectivity index (χ4v) is 2.97. The van der Waals surface area contributed by atoms with E-state index in [9.17, 15) is 13.2 Å². The number of fused-ring (bicyclic) bond motifs is 1. The molecule has 122 valence electrons. The Labute approximate surface area is 139 Å². The van der Waals surface area contributed by atoms with Crippen LogP contribution in [0.4, 0.5) is 13.2 Å². The quantitative estimate of drug-likeness (QED) is 0.574. The summed E-state index contributed by atoms with van der Waals surface area (Å²) in [7, 11) is 1.37. The van der Waals surface area contributed by atoms with Crippen molar-refractivity contribution in [2.24, 2.45) is 7.05 Å². The smallest absolute Gasteiger partial charge is 0.452 e. The minimum atomic E-state index is -4.64. The lowest BCUT2D eigenvalue weighted by Gasteiger charge is -2.13. The van der Waals surface area contributed by atoms with Gasteiger partial charge in [-0.25, -0.2) is 4.68 Å². The highest BCUT2D eigenvalue weighted by Crippen LogP contribution is 2.36. The summed E-state index contributed by atoms with van der Waals surface area (Å²) >= 11 is 11.3. The van der Waals surface area contributed by atoms with Crippen LogP contribution in [0.15, 0.2) is 16.5 Å². The third kappa shape index (κ3) is 2.46. The molecule has 3 rings (SSSR count). The number of furan rings is 1. The molecule has 0 atom stereocenters. The molecule has 0 N–H and O–H groups in total. The molecule has 2 aromatic heterocycles. The maximum atomic E-state index is 13.3. The van der Waals surface area contributed by atoms with Crippen LogP contribution in [0.3, 0.4) is 0 Å². The Morgan fingerprint density at radius 3 is 2.52 bits per heavy atom. The van der Waals surface area contributed by atoms with Crippen LogP contribution in [0.5, 0.6) is 0 Å². The first-order valence-electron chi connectivity index (χ1n) is 6.54. The largest absolute Gasteiger partial charge is 0.460 e. The molecule has 0 aliphatic rings. The van der Waals surface area contributed by atoms with Crippen molar-refractivity contribution >= 4 is 34.8 Å². The number of nitrogens with zero attached hydrogens (tertiary/aromatic N) is 3. The van der Waals surface area contributed by atoms with Gasteiger partial charge in [-0.05, 0) is 43.8 Å². The Bertz CT molecular complexity index is 984. The van der Waals surface area contributed by atoms with Gasteiger partial charge in [0.25, 0.3) is 0 Å². The van der Waals surface area contributed by atoms with E-state index in [1.807, 2.05) is 0 Å². The monoisotopic (exact) mass is 361 g/mol. The summed E-state index contributed by atoms with van der Waals surface area (Å²) in [6.07, 6.45) is -4.64. The second-order valence-corrected chi connectivity index (χ2v) is 5.94. The minimum Gasteiger partial charge on any atom is -0.460 e. The Balaban J connectivity index is 2.43. The van der Waals surface area contributed by atoms with E-state index in [2.05, 4.69) is 5.10 Å². The highest BCUT2D eigenvalue weighted by molar-refractivity contribution is 7.71. The molecule has 1 aromatic carbocycles. The first-order chi connectivity index (χ1) is 10.6. The zero-order valence-electron chi connectivity index (χ0n) is 12.3. The molecule has 0 bridgehead atoms. The van der Waals surface area contributed by atoms with Gasteiger partial charge in [-0.3, -0.25) is 4.57 Å². The number of hydrogen-bond acceptors (Lipinski definition) is 3. The van der Waals surface area contributed by atoms with Crippen molar-refractivity contribution in [1.82, 2.24) is 14.3 Å². The normalized spacial score (nSPS) is 12.3. The maximum Gasteiger partial charge on any atom is 0.452 e. The lowest BCUT2D eigenvalue weighted by atomic mass is 10.1. The molecule has 0 aliphatic heterocycles. The molecule has 3 aromatic rings. The molecule has 23 heavy (non-hydrogen) atoms. The van der Waals surface area contributed by atoms with Gasteiger partial charge < -0.3 is 4.42 Å². The molecular weight excluding hydrogens is 351 g/mol. The van der Waals surface area contributed by atoms with E-state index in [1.165, 1.54) is 13.1 Å². The van der Waals surface area contributed by atoms with Crippen molar-refractivity contribution in [3.8, 4) is 5.69 Å². The Morgan fingerprint density at radius 1 is 1.26 bits per heavy atom. The molecule has 4 nitrogen and oxygen atoms in total. The van der Waals surface area contributed by atoms with Gasteiger partial charge in [0.1, 0.15) is 5.76 Å². The maximum absolute atomic E-state index is 13.3. The summed E-state index contributed by atoms with van der Waals surface area (Å²) in [4.78, 5) is 0. The van der Waals surface area contributed by atoms with Crippen molar-refractivity contribution in [1.29, 1.82) is 0 Å². The third-order valence-electron chi connectivity index (χ3n) is 3.54. The summed E-state index contributed by atoms with van der Waals surface area (Å²) in [5.41, 5.74) is 1.25. The number of rotatable bonds is 1. The zero-order chi connectivity index (χ0) is 17.1. The molecule has 2 heterocycles. The van der Waals surface area contributed by atoms with Crippen LogP contribution in [-0.2, 0) is 13.2 Å². The summed E-state index contributed by atoms with van der Waals surface area (Å²) in [5, 5.41) is 4.36. The Kier molecular flexibility index (Phi) is 3.57. The lowest BCUT2D eigenvalue weighted by molar-refractivity contribution is -0.146. The highest BCUT2D eigenvalue weighted by atomic mass is 35.5. The van der Waals surface area contributed by atoms with Gasteiger partial charge in [-0.1, -0.05) is 11.6 Å². The second-order valence-electron chi connectivity index (χ2n) is 5.17. The SMILES string of the molecule is Cc1cc2c(C)c(-n3c(C(F)(F)F)nn(C)c3=S)cc(Cl)c2o1. The van der Waals surface area contributed by atoms with Crippen molar-refractivity contribution in [3.05, 3.63) is 39.1 Å². The van der Waals surface area contributed by atoms with E-state index < -0.39 is 12.0 Å². The molecule has 0 aliphatic carbocycles. The van der Waals surface area contributed by atoms with E-state index in [0.29, 0.717) is 22.3 Å². The predicted octanol–water partition coefficient (Wildman–Crippen LogP) is 4.98. The van der Waals surface area contributed by atoms with Crippen LogP contribution in [0.25, 0.3) is 16.7 Å². The summed E-state index contributed by atoms with van der Waals surface area (Å²) < 4.78 is 47.2. The zero-order valence-corrected chi connectivity index (χ0v) is 13.9. The van der Waals surface area contributed by atoms with Crippen LogP contribution < -0.4 is 0 Å². The van der Waals surface area contributed by atoms with Crippen LogP contribution in [0.1, 0.15) is 17.1 Å². The third-order valence-corrected chi connectivity index (χ3v) is 4.27. The molecule has 0 spiro atoms. The molecule has 0 unspecified atom stereocenters. The number of hydrogen-bond donors (Lipinski definition) is 0. The van der Waals surface area contributed by atoms with Gasteiger partial charge in [-0.2, -0.15) is 13.2 Å². The van der Waals surface area contributed by atoms with Crippen molar-refractivity contribution in [2.45, 2.75) is 20.0 Å². The summed E-state index contributed by atoms with van der Waals surface area (Å²) in [6.45, 7) is 3.43. The van der Waals surface area contributed by atoms with Crippen LogP contribution in [0.2, 0.25) is 5.02 Å². The second kappa shape index (κ2) is 5.10. The first-order valence-corrected chi connectivity index (χ1v) is 7.32. The number of benzene rings is 1. The number of halogens is 4. The van der Waals surface area contributed by atoms with Crippen molar-refractivity contribution in [2.75, 3.05) is 0 Å². The van der Waals surface area contributed by atoms with E-state index in [-0.39, 0.29) is 15.5 Å². The van der Waals surface area contributed by atoms with Crippen LogP contribution in [0, 0.1) is 18.6 Å². The number of aryl methyl sites for hydroxylation is 3. The average Bonchev–Trinajstić information content (AvgIpc) is 2.96. The van der Waals surface area contributed by atoms with E-state index >= 15 is 0 Å². The van der Waals surface area contributed by atoms with Gasteiger partial charge in [-0.15, -0.1) is 5.10 Å². The van der Waals surface area contributed by atoms with Crippen LogP contribution in [-0.4, -0.2) is 14.3 Å². The lowest BCUT2D eigenvalue weighted by Crippen LogP contribution is -2.14. The Morgan fingerprint density at radius 2 is 1.91 bits per heavy atom. The minimum absolute atomic E-state index is 0.0731. The fourth-order valence-electron chi connectivity index (χ4n) is 2.50. The van der Waals surface area contributed by atoms with Gasteiger partial charge in [0.15, 0.2) is 5.58 Å². The van der Waals surface area contributed by atoms with E-state index in [0.717, 1.165) is 9.25 Å². The molecule has 0 fully saturated rings. The standard InChI is InChI=1S/C14H11ClF3N3OS/c1-6-4-8-7(2)10(5-9(15)11(8)22-6)21-12(14(16,17)18)19-20(3)13(21)23/h4-5H,1-3H3. The van der Waals surface area contributed by atoms with Gasteiger partial charge in [0.05, 0.1) is 10.7 Å². The molecular formula is C14H11ClF3N3OS. The first kappa shape index (κ1) is 16.1. The van der Waals surface area contributed by atoms with Crippen molar-refractivity contribution < 1.29 is 17.6 Å². The molecule has 9 heteroatoms. The topological polar surface area (TPSA) is 35.9 Å². The van der Waals surface area contributed by atoms with Crippen molar-refractivity contribution in [3.63, 3.8) is 0 Å². The molecule has 0 radical (unpaired) electrons. The van der Waals surface area contributed by atoms with Gasteiger partial charge in [0.2, 0.25) is 10.6 Å². The van der Waals surface area contributed by atoms with Gasteiger partial charge >= 0.3 is 6.18 Å². The Hall–Kier alpha value is -1.80. The predicted molar refractivity (Wildman–Crippen MR) is 82.6 cm³/mol. The summed E-state index contributed by atoms with van der Waals surface area (Å²) in [5.74, 6) is -0.475. The van der Waals surface area contributed by atoms with Gasteiger partial charge in [0, 0.05) is 12.4 Å².